The molecule has 2 heterocycles. The summed E-state index contributed by atoms with van der Waals surface area (Å²) in [4.78, 5) is 14.0. The fourth-order valence-electron chi connectivity index (χ4n) is 2.34. The zero-order valence-electron chi connectivity index (χ0n) is 15.2. The van der Waals surface area contributed by atoms with Gasteiger partial charge in [0.15, 0.2) is 5.82 Å². The van der Waals surface area contributed by atoms with Gasteiger partial charge in [-0.3, -0.25) is 0 Å². The van der Waals surface area contributed by atoms with Gasteiger partial charge in [-0.25, -0.2) is 4.79 Å². The van der Waals surface area contributed by atoms with Gasteiger partial charge in [-0.2, -0.15) is 5.10 Å². The molecule has 23 heavy (non-hydrogen) atoms. The molecule has 1 aliphatic heterocycles. The van der Waals surface area contributed by atoms with Crippen molar-refractivity contribution in [1.82, 2.24) is 15.5 Å². The molecule has 1 aliphatic rings. The van der Waals surface area contributed by atoms with E-state index >= 15 is 0 Å². The minimum atomic E-state index is -0.471. The lowest BCUT2D eigenvalue weighted by atomic mass is 10.1. The minimum Gasteiger partial charge on any atom is -0.444 e. The van der Waals surface area contributed by atoms with E-state index in [2.05, 4.69) is 20.4 Å². The molecule has 1 atom stereocenters. The van der Waals surface area contributed by atoms with E-state index in [1.54, 1.807) is 0 Å². The Morgan fingerprint density at radius 2 is 2.00 bits per heavy atom. The van der Waals surface area contributed by atoms with Crippen LogP contribution >= 0.6 is 0 Å². The molecular formula is C17H30N4O2. The van der Waals surface area contributed by atoms with Gasteiger partial charge in [-0.15, -0.1) is 5.10 Å². The molecule has 0 saturated carbocycles. The Morgan fingerprint density at radius 3 is 2.57 bits per heavy atom. The third kappa shape index (κ3) is 6.84. The number of hydrogen-bond acceptors (Lipinski definition) is 5. The number of anilines is 1. The van der Waals surface area contributed by atoms with Gasteiger partial charge in [-0.1, -0.05) is 13.8 Å². The molecule has 1 aromatic rings. The monoisotopic (exact) mass is 322 g/mol. The maximum absolute atomic E-state index is 11.8. The van der Waals surface area contributed by atoms with E-state index in [4.69, 9.17) is 4.74 Å². The Balaban J connectivity index is 0.00000127. The SMILES string of the molecule is CC.Cc1ccc(N2CCCC(NC(=O)OC(C)(C)C)C2)nn1. The minimum absolute atomic E-state index is 0.0803. The summed E-state index contributed by atoms with van der Waals surface area (Å²) in [6.07, 6.45) is 1.61. The first kappa shape index (κ1) is 19.2. The average Bonchev–Trinajstić information content (AvgIpc) is 2.48. The predicted octanol–water partition coefficient (Wildman–Crippen LogP) is 3.30. The summed E-state index contributed by atoms with van der Waals surface area (Å²) in [5.41, 5.74) is 0.431. The first-order chi connectivity index (χ1) is 10.8. The largest absolute Gasteiger partial charge is 0.444 e. The molecule has 130 valence electrons. The molecule has 0 spiro atoms. The number of rotatable bonds is 2. The van der Waals surface area contributed by atoms with E-state index in [-0.39, 0.29) is 12.1 Å². The molecule has 1 N–H and O–H groups in total. The summed E-state index contributed by atoms with van der Waals surface area (Å²) in [7, 11) is 0. The van der Waals surface area contributed by atoms with Crippen molar-refractivity contribution < 1.29 is 9.53 Å². The Hall–Kier alpha value is -1.85. The van der Waals surface area contributed by atoms with Crippen LogP contribution in [-0.4, -0.2) is 41.0 Å². The second-order valence-electron chi connectivity index (χ2n) is 6.46. The number of carbonyl (C=O) groups excluding carboxylic acids is 1. The van der Waals surface area contributed by atoms with Crippen molar-refractivity contribution in [3.63, 3.8) is 0 Å². The number of nitrogens with zero attached hydrogens (tertiary/aromatic N) is 3. The maximum atomic E-state index is 11.8. The third-order valence-corrected chi connectivity index (χ3v) is 3.25. The standard InChI is InChI=1S/C15H24N4O2.C2H6/c1-11-7-8-13(18-17-11)19-9-5-6-12(10-19)16-14(20)21-15(2,3)4;1-2/h7-8,12H,5-6,9-10H2,1-4H3,(H,16,20);1-2H3. The second-order valence-corrected chi connectivity index (χ2v) is 6.46. The first-order valence-electron chi connectivity index (χ1n) is 8.38. The van der Waals surface area contributed by atoms with Gasteiger partial charge in [0.2, 0.25) is 0 Å². The Morgan fingerprint density at radius 1 is 1.30 bits per heavy atom. The molecule has 0 aromatic carbocycles. The molecule has 6 heteroatoms. The van der Waals surface area contributed by atoms with Gasteiger partial charge in [0, 0.05) is 19.1 Å². The molecule has 1 aromatic heterocycles. The number of alkyl carbamates (subject to hydrolysis) is 1. The summed E-state index contributed by atoms with van der Waals surface area (Å²) >= 11 is 0. The van der Waals surface area contributed by atoms with Crippen LogP contribution in [0.5, 0.6) is 0 Å². The van der Waals surface area contributed by atoms with Crippen LogP contribution in [0.25, 0.3) is 0 Å². The lowest BCUT2D eigenvalue weighted by molar-refractivity contribution is 0.0500. The van der Waals surface area contributed by atoms with Crippen molar-refractivity contribution in [3.8, 4) is 0 Å². The lowest BCUT2D eigenvalue weighted by Gasteiger charge is -2.34. The molecule has 1 fully saturated rings. The fourth-order valence-corrected chi connectivity index (χ4v) is 2.34. The molecule has 0 radical (unpaired) electrons. The number of aryl methyl sites for hydroxylation is 1. The van der Waals surface area contributed by atoms with Crippen molar-refractivity contribution in [2.45, 2.75) is 66.0 Å². The normalized spacial score (nSPS) is 17.8. The zero-order chi connectivity index (χ0) is 17.5. The van der Waals surface area contributed by atoms with E-state index in [9.17, 15) is 4.79 Å². The van der Waals surface area contributed by atoms with Crippen LogP contribution in [0, 0.1) is 6.92 Å². The average molecular weight is 322 g/mol. The number of carbonyl (C=O) groups is 1. The van der Waals surface area contributed by atoms with Crippen LogP contribution in [0.2, 0.25) is 0 Å². The molecule has 1 unspecified atom stereocenters. The number of amides is 1. The Labute approximate surface area is 139 Å². The smallest absolute Gasteiger partial charge is 0.407 e. The fraction of sp³-hybridized carbons (Fsp3) is 0.706. The van der Waals surface area contributed by atoms with E-state index < -0.39 is 5.60 Å². The summed E-state index contributed by atoms with van der Waals surface area (Å²) in [6, 6.07) is 4.00. The number of hydrogen-bond donors (Lipinski definition) is 1. The number of aromatic nitrogens is 2. The van der Waals surface area contributed by atoms with Crippen LogP contribution in [-0.2, 0) is 4.74 Å². The Bertz CT molecular complexity index is 482. The van der Waals surface area contributed by atoms with Gasteiger partial charge in [0.25, 0.3) is 0 Å². The van der Waals surface area contributed by atoms with Crippen LogP contribution in [0.3, 0.4) is 0 Å². The molecule has 0 aliphatic carbocycles. The van der Waals surface area contributed by atoms with E-state index in [1.165, 1.54) is 0 Å². The molecule has 1 amide bonds. The molecule has 0 bridgehead atoms. The topological polar surface area (TPSA) is 67.4 Å². The van der Waals surface area contributed by atoms with Crippen LogP contribution in [0.4, 0.5) is 10.6 Å². The van der Waals surface area contributed by atoms with E-state index in [1.807, 2.05) is 53.7 Å². The lowest BCUT2D eigenvalue weighted by Crippen LogP contribution is -2.49. The summed E-state index contributed by atoms with van der Waals surface area (Å²) in [5, 5.41) is 11.2. The Kier molecular flexibility index (Phi) is 7.26. The zero-order valence-corrected chi connectivity index (χ0v) is 15.2. The van der Waals surface area contributed by atoms with Crippen molar-refractivity contribution in [3.05, 3.63) is 17.8 Å². The molecule has 6 nitrogen and oxygen atoms in total. The number of nitrogens with one attached hydrogen (secondary N) is 1. The van der Waals surface area contributed by atoms with Gasteiger partial charge < -0.3 is 15.0 Å². The quantitative estimate of drug-likeness (QED) is 0.905. The van der Waals surface area contributed by atoms with Gasteiger partial charge in [0.1, 0.15) is 5.60 Å². The highest BCUT2D eigenvalue weighted by Crippen LogP contribution is 2.17. The van der Waals surface area contributed by atoms with Crippen LogP contribution in [0.1, 0.15) is 53.2 Å². The summed E-state index contributed by atoms with van der Waals surface area (Å²) < 4.78 is 5.30. The first-order valence-corrected chi connectivity index (χ1v) is 8.38. The molecule has 2 rings (SSSR count). The highest BCUT2D eigenvalue weighted by atomic mass is 16.6. The highest BCUT2D eigenvalue weighted by Gasteiger charge is 2.24. The predicted molar refractivity (Wildman–Crippen MR) is 92.7 cm³/mol. The van der Waals surface area contributed by atoms with Gasteiger partial charge in [0.05, 0.1) is 5.69 Å². The van der Waals surface area contributed by atoms with Crippen molar-refractivity contribution in [2.75, 3.05) is 18.0 Å². The third-order valence-electron chi connectivity index (χ3n) is 3.25. The maximum Gasteiger partial charge on any atom is 0.407 e. The highest BCUT2D eigenvalue weighted by molar-refractivity contribution is 5.68. The summed E-state index contributed by atoms with van der Waals surface area (Å²) in [5.74, 6) is 0.858. The number of ether oxygens (including phenoxy) is 1. The van der Waals surface area contributed by atoms with Crippen molar-refractivity contribution in [2.24, 2.45) is 0 Å². The van der Waals surface area contributed by atoms with Crippen LogP contribution < -0.4 is 10.2 Å². The molecule has 1 saturated heterocycles. The van der Waals surface area contributed by atoms with E-state index in [0.717, 1.165) is 37.4 Å². The van der Waals surface area contributed by atoms with Crippen LogP contribution in [0.15, 0.2) is 12.1 Å². The number of piperidine rings is 1. The molecular weight excluding hydrogens is 292 g/mol. The van der Waals surface area contributed by atoms with E-state index in [0.29, 0.717) is 0 Å². The van der Waals surface area contributed by atoms with Crippen molar-refractivity contribution in [1.29, 1.82) is 0 Å². The second kappa shape index (κ2) is 8.70. The van der Waals surface area contributed by atoms with Crippen molar-refractivity contribution >= 4 is 11.9 Å². The van der Waals surface area contributed by atoms with Gasteiger partial charge >= 0.3 is 6.09 Å². The van der Waals surface area contributed by atoms with Gasteiger partial charge in [-0.05, 0) is 52.7 Å². The summed E-state index contributed by atoms with van der Waals surface area (Å²) in [6.45, 7) is 13.2.